The number of nitrogens with one attached hydrogen (secondary N) is 1. The van der Waals surface area contributed by atoms with E-state index >= 15 is 0 Å². The molecule has 20 heavy (non-hydrogen) atoms. The summed E-state index contributed by atoms with van der Waals surface area (Å²) in [6.45, 7) is 0.516. The summed E-state index contributed by atoms with van der Waals surface area (Å²) >= 11 is 0. The van der Waals surface area contributed by atoms with Crippen LogP contribution >= 0.6 is 0 Å². The molecule has 4 N–H and O–H groups in total. The highest BCUT2D eigenvalue weighted by Crippen LogP contribution is 2.25. The molecule has 5 nitrogen and oxygen atoms in total. The molecule has 0 bridgehead atoms. The van der Waals surface area contributed by atoms with Crippen molar-refractivity contribution >= 4 is 17.3 Å². The molecule has 0 radical (unpaired) electrons. The van der Waals surface area contributed by atoms with Crippen LogP contribution in [0.4, 0.5) is 11.4 Å². The van der Waals surface area contributed by atoms with E-state index in [2.05, 4.69) is 5.32 Å². The maximum absolute atomic E-state index is 12.3. The van der Waals surface area contributed by atoms with Crippen LogP contribution in [0.15, 0.2) is 18.2 Å². The van der Waals surface area contributed by atoms with E-state index in [-0.39, 0.29) is 17.9 Å². The van der Waals surface area contributed by atoms with Gasteiger partial charge in [-0.1, -0.05) is 6.42 Å². The number of hydrogen-bond acceptors (Lipinski definition) is 4. The summed E-state index contributed by atoms with van der Waals surface area (Å²) in [5, 5.41) is 12.7. The maximum atomic E-state index is 12.3. The lowest BCUT2D eigenvalue weighted by atomic mass is 10.1. The molecule has 0 heterocycles. The number of nitrogen functional groups attached to an aromatic ring is 1. The molecule has 110 valence electrons. The second-order valence-corrected chi connectivity index (χ2v) is 5.64. The Balaban J connectivity index is 2.06. The SMILES string of the molecule is CN(C)c1ccc(N)cc1C(=O)NCC1CCCC1O. The van der Waals surface area contributed by atoms with E-state index in [0.29, 0.717) is 17.8 Å². The molecule has 1 aromatic rings. The highest BCUT2D eigenvalue weighted by molar-refractivity contribution is 6.00. The molecule has 1 aromatic carbocycles. The number of nitrogens with two attached hydrogens (primary N) is 1. The first-order valence-electron chi connectivity index (χ1n) is 7.02. The van der Waals surface area contributed by atoms with Crippen molar-refractivity contribution in [1.29, 1.82) is 0 Å². The van der Waals surface area contributed by atoms with Crippen LogP contribution < -0.4 is 16.0 Å². The molecular weight excluding hydrogens is 254 g/mol. The first kappa shape index (κ1) is 14.7. The fraction of sp³-hybridized carbons (Fsp3) is 0.533. The van der Waals surface area contributed by atoms with Crippen molar-refractivity contribution in [3.05, 3.63) is 23.8 Å². The maximum Gasteiger partial charge on any atom is 0.253 e. The fourth-order valence-electron chi connectivity index (χ4n) is 2.70. The molecule has 1 aliphatic carbocycles. The number of aliphatic hydroxyl groups is 1. The van der Waals surface area contributed by atoms with Gasteiger partial charge in [-0.2, -0.15) is 0 Å². The average molecular weight is 277 g/mol. The van der Waals surface area contributed by atoms with E-state index < -0.39 is 0 Å². The lowest BCUT2D eigenvalue weighted by molar-refractivity contribution is 0.0917. The second-order valence-electron chi connectivity index (χ2n) is 5.64. The minimum atomic E-state index is -0.288. The summed E-state index contributed by atoms with van der Waals surface area (Å²) in [5.74, 6) is 0.0305. The number of anilines is 2. The van der Waals surface area contributed by atoms with Crippen LogP contribution in [0.2, 0.25) is 0 Å². The summed E-state index contributed by atoms with van der Waals surface area (Å²) in [7, 11) is 3.78. The summed E-state index contributed by atoms with van der Waals surface area (Å²) in [5.41, 5.74) is 7.75. The molecule has 1 aliphatic rings. The number of aliphatic hydroxyl groups excluding tert-OH is 1. The number of amides is 1. The predicted octanol–water partition coefficient (Wildman–Crippen LogP) is 1.23. The summed E-state index contributed by atoms with van der Waals surface area (Å²) in [6.07, 6.45) is 2.55. The molecule has 2 atom stereocenters. The predicted molar refractivity (Wildman–Crippen MR) is 80.9 cm³/mol. The number of rotatable bonds is 4. The number of carbonyl (C=O) groups excluding carboxylic acids is 1. The van der Waals surface area contributed by atoms with E-state index in [9.17, 15) is 9.90 Å². The van der Waals surface area contributed by atoms with Crippen LogP contribution in [0.3, 0.4) is 0 Å². The molecule has 1 saturated carbocycles. The summed E-state index contributed by atoms with van der Waals surface area (Å²) < 4.78 is 0. The van der Waals surface area contributed by atoms with Crippen molar-refractivity contribution in [2.75, 3.05) is 31.3 Å². The number of hydrogen-bond donors (Lipinski definition) is 3. The average Bonchev–Trinajstić information content (AvgIpc) is 2.81. The standard InChI is InChI=1S/C15H23N3O2/c1-18(2)13-7-6-11(16)8-12(13)15(20)17-9-10-4-3-5-14(10)19/h6-8,10,14,19H,3-5,9,16H2,1-2H3,(H,17,20). The Hall–Kier alpha value is -1.75. The van der Waals surface area contributed by atoms with Crippen molar-refractivity contribution in [2.24, 2.45) is 5.92 Å². The molecule has 0 aromatic heterocycles. The highest BCUT2D eigenvalue weighted by atomic mass is 16.3. The lowest BCUT2D eigenvalue weighted by Crippen LogP contribution is -2.33. The second kappa shape index (κ2) is 6.13. The van der Waals surface area contributed by atoms with Crippen LogP contribution in [-0.2, 0) is 0 Å². The smallest absolute Gasteiger partial charge is 0.253 e. The number of carbonyl (C=O) groups is 1. The third-order valence-electron chi connectivity index (χ3n) is 3.89. The molecule has 1 fully saturated rings. The van der Waals surface area contributed by atoms with Crippen LogP contribution in [0, 0.1) is 5.92 Å². The van der Waals surface area contributed by atoms with Gasteiger partial charge in [0.2, 0.25) is 0 Å². The monoisotopic (exact) mass is 277 g/mol. The van der Waals surface area contributed by atoms with Gasteiger partial charge in [-0.05, 0) is 31.0 Å². The third-order valence-corrected chi connectivity index (χ3v) is 3.89. The van der Waals surface area contributed by atoms with E-state index in [0.717, 1.165) is 24.9 Å². The van der Waals surface area contributed by atoms with E-state index in [1.54, 1.807) is 12.1 Å². The quantitative estimate of drug-likeness (QED) is 0.723. The molecule has 1 amide bonds. The highest BCUT2D eigenvalue weighted by Gasteiger charge is 2.25. The Bertz CT molecular complexity index is 488. The fourth-order valence-corrected chi connectivity index (χ4v) is 2.70. The van der Waals surface area contributed by atoms with Crippen LogP contribution in [0.1, 0.15) is 29.6 Å². The summed E-state index contributed by atoms with van der Waals surface area (Å²) in [6, 6.07) is 5.32. The van der Waals surface area contributed by atoms with Crippen molar-refractivity contribution in [3.63, 3.8) is 0 Å². The summed E-state index contributed by atoms with van der Waals surface area (Å²) in [4.78, 5) is 14.2. The third kappa shape index (κ3) is 3.22. The van der Waals surface area contributed by atoms with Gasteiger partial charge in [-0.15, -0.1) is 0 Å². The molecule has 5 heteroatoms. The zero-order valence-electron chi connectivity index (χ0n) is 12.1. The first-order valence-corrected chi connectivity index (χ1v) is 7.02. The van der Waals surface area contributed by atoms with Gasteiger partial charge in [-0.3, -0.25) is 4.79 Å². The van der Waals surface area contributed by atoms with Crippen molar-refractivity contribution in [3.8, 4) is 0 Å². The van der Waals surface area contributed by atoms with Gasteiger partial charge in [0, 0.05) is 37.9 Å². The lowest BCUT2D eigenvalue weighted by Gasteiger charge is -2.19. The van der Waals surface area contributed by atoms with Crippen LogP contribution in [0.25, 0.3) is 0 Å². The first-order chi connectivity index (χ1) is 9.49. The molecule has 0 spiro atoms. The van der Waals surface area contributed by atoms with Gasteiger partial charge in [0.25, 0.3) is 5.91 Å². The Morgan fingerprint density at radius 2 is 2.20 bits per heavy atom. The van der Waals surface area contributed by atoms with Gasteiger partial charge in [0.05, 0.1) is 11.7 Å². The largest absolute Gasteiger partial charge is 0.399 e. The molecule has 0 aliphatic heterocycles. The van der Waals surface area contributed by atoms with Crippen molar-refractivity contribution in [2.45, 2.75) is 25.4 Å². The number of nitrogens with zero attached hydrogens (tertiary/aromatic N) is 1. The Morgan fingerprint density at radius 3 is 2.80 bits per heavy atom. The minimum Gasteiger partial charge on any atom is -0.399 e. The molecule has 2 unspecified atom stereocenters. The minimum absolute atomic E-state index is 0.139. The normalized spacial score (nSPS) is 21.8. The zero-order valence-corrected chi connectivity index (χ0v) is 12.1. The van der Waals surface area contributed by atoms with Crippen LogP contribution in [0.5, 0.6) is 0 Å². The zero-order chi connectivity index (χ0) is 14.7. The van der Waals surface area contributed by atoms with Crippen molar-refractivity contribution < 1.29 is 9.90 Å². The Labute approximate surface area is 119 Å². The molecule has 2 rings (SSSR count). The van der Waals surface area contributed by atoms with Crippen LogP contribution in [-0.4, -0.2) is 37.8 Å². The Morgan fingerprint density at radius 1 is 1.45 bits per heavy atom. The number of benzene rings is 1. The van der Waals surface area contributed by atoms with Gasteiger partial charge >= 0.3 is 0 Å². The van der Waals surface area contributed by atoms with Gasteiger partial charge < -0.3 is 21.1 Å². The van der Waals surface area contributed by atoms with E-state index in [4.69, 9.17) is 5.73 Å². The molecule has 0 saturated heterocycles. The van der Waals surface area contributed by atoms with Gasteiger partial charge in [0.1, 0.15) is 0 Å². The van der Waals surface area contributed by atoms with E-state index in [1.165, 1.54) is 0 Å². The van der Waals surface area contributed by atoms with Gasteiger partial charge in [-0.25, -0.2) is 0 Å². The van der Waals surface area contributed by atoms with E-state index in [1.807, 2.05) is 25.1 Å². The topological polar surface area (TPSA) is 78.6 Å². The Kier molecular flexibility index (Phi) is 4.49. The van der Waals surface area contributed by atoms with Gasteiger partial charge in [0.15, 0.2) is 0 Å². The van der Waals surface area contributed by atoms with Crippen molar-refractivity contribution in [1.82, 2.24) is 5.32 Å². The molecular formula is C15H23N3O2.